The summed E-state index contributed by atoms with van der Waals surface area (Å²) >= 11 is 1.79. The number of sulfonamides is 1. The number of ether oxygens (including phenoxy) is 2. The van der Waals surface area contributed by atoms with Crippen LogP contribution in [0.5, 0.6) is 11.5 Å². The summed E-state index contributed by atoms with van der Waals surface area (Å²) in [6.45, 7) is 5.23. The van der Waals surface area contributed by atoms with Gasteiger partial charge in [-0.2, -0.15) is 11.8 Å². The van der Waals surface area contributed by atoms with Crippen molar-refractivity contribution in [3.63, 3.8) is 0 Å². The molecule has 0 spiro atoms. The summed E-state index contributed by atoms with van der Waals surface area (Å²) < 4.78 is 37.9. The van der Waals surface area contributed by atoms with Gasteiger partial charge in [-0.05, 0) is 55.2 Å². The summed E-state index contributed by atoms with van der Waals surface area (Å²) in [5.74, 6) is 2.85. The molecule has 1 saturated heterocycles. The maximum absolute atomic E-state index is 13.0. The molecule has 6 nitrogen and oxygen atoms in total. The van der Waals surface area contributed by atoms with Crippen LogP contribution in [0.25, 0.3) is 11.1 Å². The Bertz CT molecular complexity index is 1360. The molecule has 1 atom stereocenters. The van der Waals surface area contributed by atoms with Crippen molar-refractivity contribution in [3.05, 3.63) is 83.4 Å². The van der Waals surface area contributed by atoms with E-state index in [1.54, 1.807) is 46.8 Å². The highest BCUT2D eigenvalue weighted by molar-refractivity contribution is 7.97. The zero-order valence-corrected chi connectivity index (χ0v) is 23.5. The third-order valence-electron chi connectivity index (χ3n) is 6.37. The molecule has 1 unspecified atom stereocenters. The molecule has 0 bridgehead atoms. The summed E-state index contributed by atoms with van der Waals surface area (Å²) in [7, 11) is -0.429. The Morgan fingerprint density at radius 1 is 0.892 bits per heavy atom. The van der Waals surface area contributed by atoms with Crippen molar-refractivity contribution in [2.24, 2.45) is 0 Å². The van der Waals surface area contributed by atoms with Crippen LogP contribution < -0.4 is 9.47 Å². The molecule has 3 aromatic carbocycles. The maximum atomic E-state index is 13.0. The van der Waals surface area contributed by atoms with Gasteiger partial charge in [-0.15, -0.1) is 0 Å². The summed E-state index contributed by atoms with van der Waals surface area (Å²) in [4.78, 5) is 12.5. The van der Waals surface area contributed by atoms with Crippen LogP contribution in [-0.4, -0.2) is 38.4 Å². The molecule has 1 fully saturated rings. The Balaban J connectivity index is 1.36. The number of rotatable bonds is 8. The second kappa shape index (κ2) is 10.8. The van der Waals surface area contributed by atoms with Crippen LogP contribution >= 0.6 is 11.8 Å². The molecule has 37 heavy (non-hydrogen) atoms. The van der Waals surface area contributed by atoms with Crippen LogP contribution in [0.4, 0.5) is 0 Å². The van der Waals surface area contributed by atoms with Crippen molar-refractivity contribution in [1.29, 1.82) is 0 Å². The molecule has 1 aliphatic heterocycles. The van der Waals surface area contributed by atoms with Crippen molar-refractivity contribution in [2.75, 3.05) is 14.2 Å². The number of amides is 1. The highest BCUT2D eigenvalue weighted by Crippen LogP contribution is 2.40. The van der Waals surface area contributed by atoms with E-state index in [-0.39, 0.29) is 12.3 Å². The lowest BCUT2D eigenvalue weighted by molar-refractivity contribution is -0.128. The molecule has 0 aliphatic carbocycles. The monoisotopic (exact) mass is 539 g/mol. The molecule has 3 aromatic rings. The number of nitrogens with zero attached hydrogens (tertiary/aromatic N) is 1. The third kappa shape index (κ3) is 5.80. The summed E-state index contributed by atoms with van der Waals surface area (Å²) in [5, 5.41) is -0.816. The average Bonchev–Trinajstić information content (AvgIpc) is 3.12. The quantitative estimate of drug-likeness (QED) is 0.339. The predicted octanol–water partition coefficient (Wildman–Crippen LogP) is 6.21. The predicted molar refractivity (Wildman–Crippen MR) is 149 cm³/mol. The van der Waals surface area contributed by atoms with Crippen LogP contribution in [0.3, 0.4) is 0 Å². The zero-order chi connectivity index (χ0) is 26.8. The molecule has 4 rings (SSSR count). The molecule has 1 amide bonds. The minimum Gasteiger partial charge on any atom is -0.497 e. The van der Waals surface area contributed by atoms with Crippen LogP contribution in [0, 0.1) is 0 Å². The lowest BCUT2D eigenvalue weighted by atomic mass is 10.0. The number of hydrogen-bond acceptors (Lipinski definition) is 6. The Kier molecular flexibility index (Phi) is 7.90. The fourth-order valence-corrected chi connectivity index (χ4v) is 7.78. The van der Waals surface area contributed by atoms with Gasteiger partial charge in [0.05, 0.1) is 26.2 Å². The van der Waals surface area contributed by atoms with Gasteiger partial charge in [-0.25, -0.2) is 12.7 Å². The highest BCUT2D eigenvalue weighted by atomic mass is 32.2. The van der Waals surface area contributed by atoms with Crippen LogP contribution in [0.15, 0.2) is 66.7 Å². The van der Waals surface area contributed by atoms with Gasteiger partial charge >= 0.3 is 0 Å². The molecular weight excluding hydrogens is 506 g/mol. The van der Waals surface area contributed by atoms with E-state index in [1.807, 2.05) is 42.5 Å². The van der Waals surface area contributed by atoms with E-state index in [0.717, 1.165) is 44.0 Å². The minimum atomic E-state index is -3.72. The van der Waals surface area contributed by atoms with E-state index < -0.39 is 20.8 Å². The molecule has 0 aromatic heterocycles. The van der Waals surface area contributed by atoms with Gasteiger partial charge in [0.25, 0.3) is 0 Å². The van der Waals surface area contributed by atoms with Crippen molar-refractivity contribution < 1.29 is 22.7 Å². The lowest BCUT2D eigenvalue weighted by Crippen LogP contribution is -2.45. The number of hydrogen-bond donors (Lipinski definition) is 0. The molecule has 0 radical (unpaired) electrons. The summed E-state index contributed by atoms with van der Waals surface area (Å²) in [6, 6.07) is 21.8. The van der Waals surface area contributed by atoms with Crippen molar-refractivity contribution in [3.8, 4) is 22.6 Å². The first-order valence-electron chi connectivity index (χ1n) is 12.1. The second-order valence-corrected chi connectivity index (χ2v) is 13.0. The second-order valence-electron chi connectivity index (χ2n) is 10.1. The van der Waals surface area contributed by atoms with Gasteiger partial charge in [-0.1, -0.05) is 48.5 Å². The molecule has 1 aliphatic rings. The number of benzene rings is 3. The Morgan fingerprint density at radius 2 is 1.49 bits per heavy atom. The average molecular weight is 540 g/mol. The fraction of sp³-hybridized carbons (Fsp3) is 0.345. The van der Waals surface area contributed by atoms with E-state index in [1.165, 1.54) is 5.56 Å². The number of carbonyl (C=O) groups excluding carboxylic acids is 1. The topological polar surface area (TPSA) is 72.9 Å². The largest absolute Gasteiger partial charge is 0.497 e. The number of carbonyl (C=O) groups is 1. The van der Waals surface area contributed by atoms with Gasteiger partial charge in [0.1, 0.15) is 16.7 Å². The van der Waals surface area contributed by atoms with E-state index in [0.29, 0.717) is 5.56 Å². The Morgan fingerprint density at radius 3 is 2.00 bits per heavy atom. The van der Waals surface area contributed by atoms with Crippen molar-refractivity contribution in [2.45, 2.75) is 49.5 Å². The summed E-state index contributed by atoms with van der Waals surface area (Å²) in [6.07, 6.45) is -0.00784. The van der Waals surface area contributed by atoms with E-state index in [9.17, 15) is 13.2 Å². The SMILES string of the molecule is COc1ccc(-c2ccc(CSCc3ccc(C4CC(=O)N(C(C)(C)C)S4(=O)=O)cc3)cc2)c(OC)c1. The normalized spacial score (nSPS) is 17.2. The molecule has 0 saturated carbocycles. The van der Waals surface area contributed by atoms with Gasteiger partial charge in [-0.3, -0.25) is 4.79 Å². The fourth-order valence-electron chi connectivity index (χ4n) is 4.59. The standard InChI is InChI=1S/C29H33NO5S2/c1-29(2,3)30-28(31)17-27(37(30,32)33)23-12-8-21(9-13-23)19-36-18-20-6-10-22(11-7-20)25-15-14-24(34-4)16-26(25)35-5/h6-16,27H,17-19H2,1-5H3. The van der Waals surface area contributed by atoms with Crippen molar-refractivity contribution in [1.82, 2.24) is 4.31 Å². The molecule has 8 heteroatoms. The first-order chi connectivity index (χ1) is 17.5. The molecular formula is C29H33NO5S2. The van der Waals surface area contributed by atoms with Crippen LogP contribution in [0.1, 0.15) is 49.1 Å². The van der Waals surface area contributed by atoms with Gasteiger partial charge in [0.2, 0.25) is 15.9 Å². The summed E-state index contributed by atoms with van der Waals surface area (Å²) in [5.41, 5.74) is 4.32. The third-order valence-corrected chi connectivity index (χ3v) is 9.87. The minimum absolute atomic E-state index is 0.00784. The van der Waals surface area contributed by atoms with E-state index >= 15 is 0 Å². The Hall–Kier alpha value is -2.97. The number of methoxy groups -OCH3 is 2. The van der Waals surface area contributed by atoms with Gasteiger partial charge in [0, 0.05) is 23.1 Å². The highest BCUT2D eigenvalue weighted by Gasteiger charge is 2.49. The van der Waals surface area contributed by atoms with E-state index in [4.69, 9.17) is 9.47 Å². The maximum Gasteiger partial charge on any atom is 0.245 e. The zero-order valence-electron chi connectivity index (χ0n) is 21.9. The van der Waals surface area contributed by atoms with Gasteiger partial charge in [0.15, 0.2) is 0 Å². The lowest BCUT2D eigenvalue weighted by Gasteiger charge is -2.30. The van der Waals surface area contributed by atoms with Gasteiger partial charge < -0.3 is 9.47 Å². The smallest absolute Gasteiger partial charge is 0.245 e. The molecule has 0 N–H and O–H groups in total. The van der Waals surface area contributed by atoms with Crippen molar-refractivity contribution >= 4 is 27.7 Å². The Labute approximate surface area is 224 Å². The molecule has 1 heterocycles. The van der Waals surface area contributed by atoms with Crippen LogP contribution in [0.2, 0.25) is 0 Å². The first kappa shape index (κ1) is 27.1. The van der Waals surface area contributed by atoms with Crippen LogP contribution in [-0.2, 0) is 26.3 Å². The molecule has 196 valence electrons. The number of thioether (sulfide) groups is 1. The first-order valence-corrected chi connectivity index (χ1v) is 14.8. The van der Waals surface area contributed by atoms with E-state index in [2.05, 4.69) is 24.3 Å².